The summed E-state index contributed by atoms with van der Waals surface area (Å²) in [6, 6.07) is 3.27. The second-order valence-electron chi connectivity index (χ2n) is 4.71. The van der Waals surface area contributed by atoms with Crippen LogP contribution in [0.1, 0.15) is 17.5 Å². The van der Waals surface area contributed by atoms with Crippen molar-refractivity contribution in [3.63, 3.8) is 0 Å². The van der Waals surface area contributed by atoms with Crippen LogP contribution < -0.4 is 5.32 Å². The number of aryl methyl sites for hydroxylation is 1. The molecule has 4 heteroatoms. The minimum absolute atomic E-state index is 0.116. The van der Waals surface area contributed by atoms with E-state index in [9.17, 15) is 4.39 Å². The van der Waals surface area contributed by atoms with Crippen LogP contribution in [0.25, 0.3) is 0 Å². The van der Waals surface area contributed by atoms with E-state index in [-0.39, 0.29) is 11.2 Å². The van der Waals surface area contributed by atoms with Crippen molar-refractivity contribution in [1.82, 2.24) is 5.32 Å². The van der Waals surface area contributed by atoms with Gasteiger partial charge in [0.2, 0.25) is 0 Å². The van der Waals surface area contributed by atoms with Gasteiger partial charge in [-0.25, -0.2) is 4.39 Å². The lowest BCUT2D eigenvalue weighted by atomic mass is 9.75. The molecule has 0 radical (unpaired) electrons. The first-order valence-corrected chi connectivity index (χ1v) is 6.15. The van der Waals surface area contributed by atoms with Crippen LogP contribution in [-0.4, -0.2) is 26.8 Å². The van der Waals surface area contributed by atoms with Crippen molar-refractivity contribution in [3.8, 4) is 0 Å². The predicted octanol–water partition coefficient (Wildman–Crippen LogP) is 2.67. The van der Waals surface area contributed by atoms with Gasteiger partial charge in [0.15, 0.2) is 0 Å². The summed E-state index contributed by atoms with van der Waals surface area (Å²) in [6.45, 7) is 3.84. The Balaban J connectivity index is 2.34. The highest BCUT2D eigenvalue weighted by molar-refractivity contribution is 6.31. The summed E-state index contributed by atoms with van der Waals surface area (Å²) < 4.78 is 19.0. The Morgan fingerprint density at radius 3 is 2.71 bits per heavy atom. The van der Waals surface area contributed by atoms with Crippen LogP contribution in [-0.2, 0) is 10.2 Å². The van der Waals surface area contributed by atoms with Gasteiger partial charge in [-0.15, -0.1) is 0 Å². The molecule has 2 rings (SSSR count). The lowest BCUT2D eigenvalue weighted by Crippen LogP contribution is -2.48. The molecule has 1 saturated heterocycles. The molecule has 0 atom stereocenters. The third-order valence-corrected chi connectivity index (χ3v) is 3.74. The first kappa shape index (κ1) is 12.8. The minimum Gasteiger partial charge on any atom is -0.379 e. The fraction of sp³-hybridized carbons (Fsp3) is 0.538. The maximum atomic E-state index is 13.7. The van der Waals surface area contributed by atoms with E-state index in [2.05, 4.69) is 5.32 Å². The molecule has 1 N–H and O–H groups in total. The molecule has 1 aromatic carbocycles. The number of ether oxygens (including phenoxy) is 1. The van der Waals surface area contributed by atoms with Gasteiger partial charge in [0, 0.05) is 10.4 Å². The number of halogens is 2. The quantitative estimate of drug-likeness (QED) is 0.896. The third-order valence-electron chi connectivity index (χ3n) is 3.43. The van der Waals surface area contributed by atoms with Gasteiger partial charge < -0.3 is 10.1 Å². The van der Waals surface area contributed by atoms with Gasteiger partial charge in [-0.3, -0.25) is 0 Å². The van der Waals surface area contributed by atoms with E-state index >= 15 is 0 Å². The summed E-state index contributed by atoms with van der Waals surface area (Å²) in [5.74, 6) is -0.194. The molecular weight excluding hydrogens is 241 g/mol. The third kappa shape index (κ3) is 2.32. The molecule has 94 valence electrons. The first-order valence-electron chi connectivity index (χ1n) is 5.77. The van der Waals surface area contributed by atoms with Crippen LogP contribution >= 0.6 is 11.6 Å². The predicted molar refractivity (Wildman–Crippen MR) is 67.2 cm³/mol. The van der Waals surface area contributed by atoms with Gasteiger partial charge in [-0.2, -0.15) is 0 Å². The van der Waals surface area contributed by atoms with Crippen LogP contribution in [0.4, 0.5) is 4.39 Å². The van der Waals surface area contributed by atoms with Crippen LogP contribution in [0.5, 0.6) is 0 Å². The Morgan fingerprint density at radius 2 is 2.18 bits per heavy atom. The molecule has 0 aliphatic carbocycles. The Kier molecular flexibility index (Phi) is 3.71. The van der Waals surface area contributed by atoms with Gasteiger partial charge in [-0.05, 0) is 50.2 Å². The summed E-state index contributed by atoms with van der Waals surface area (Å²) >= 11 is 6.23. The van der Waals surface area contributed by atoms with Crippen molar-refractivity contribution in [1.29, 1.82) is 0 Å². The SMILES string of the molecule is CNCCC1(c2cc(F)c(C)cc2Cl)COC1. The van der Waals surface area contributed by atoms with Crippen molar-refractivity contribution in [2.24, 2.45) is 0 Å². The number of nitrogens with one attached hydrogen (secondary N) is 1. The maximum Gasteiger partial charge on any atom is 0.126 e. The Bertz CT molecular complexity index is 418. The fourth-order valence-corrected chi connectivity index (χ4v) is 2.62. The van der Waals surface area contributed by atoms with Gasteiger partial charge in [0.05, 0.1) is 13.2 Å². The molecule has 0 bridgehead atoms. The molecule has 2 nitrogen and oxygen atoms in total. The largest absolute Gasteiger partial charge is 0.379 e. The molecule has 0 spiro atoms. The molecule has 1 aromatic rings. The van der Waals surface area contributed by atoms with E-state index in [0.29, 0.717) is 23.8 Å². The topological polar surface area (TPSA) is 21.3 Å². The normalized spacial score (nSPS) is 17.9. The second kappa shape index (κ2) is 4.92. The van der Waals surface area contributed by atoms with Gasteiger partial charge in [0.25, 0.3) is 0 Å². The van der Waals surface area contributed by atoms with Crippen LogP contribution in [0.15, 0.2) is 12.1 Å². The smallest absolute Gasteiger partial charge is 0.126 e. The van der Waals surface area contributed by atoms with Crippen molar-refractivity contribution >= 4 is 11.6 Å². The van der Waals surface area contributed by atoms with Crippen molar-refractivity contribution in [2.45, 2.75) is 18.8 Å². The molecule has 0 aromatic heterocycles. The van der Waals surface area contributed by atoms with Crippen molar-refractivity contribution in [3.05, 3.63) is 34.1 Å². The van der Waals surface area contributed by atoms with Crippen LogP contribution in [0, 0.1) is 12.7 Å². The number of benzene rings is 1. The fourth-order valence-electron chi connectivity index (χ4n) is 2.20. The molecule has 1 aliphatic rings. The van der Waals surface area contributed by atoms with E-state index in [1.807, 2.05) is 7.05 Å². The van der Waals surface area contributed by atoms with E-state index in [1.54, 1.807) is 19.1 Å². The van der Waals surface area contributed by atoms with E-state index < -0.39 is 0 Å². The average molecular weight is 258 g/mol. The summed E-state index contributed by atoms with van der Waals surface area (Å²) in [5.41, 5.74) is 1.35. The highest BCUT2D eigenvalue weighted by Gasteiger charge is 2.41. The number of rotatable bonds is 4. The van der Waals surface area contributed by atoms with Crippen LogP contribution in [0.2, 0.25) is 5.02 Å². The highest BCUT2D eigenvalue weighted by atomic mass is 35.5. The van der Waals surface area contributed by atoms with Gasteiger partial charge in [0.1, 0.15) is 5.82 Å². The monoisotopic (exact) mass is 257 g/mol. The molecule has 1 heterocycles. The van der Waals surface area contributed by atoms with E-state index in [4.69, 9.17) is 16.3 Å². The summed E-state index contributed by atoms with van der Waals surface area (Å²) in [5, 5.41) is 3.76. The molecule has 0 unspecified atom stereocenters. The molecule has 0 saturated carbocycles. The zero-order valence-electron chi connectivity index (χ0n) is 10.1. The molecule has 1 fully saturated rings. The molecule has 0 amide bonds. The average Bonchev–Trinajstić information content (AvgIpc) is 2.23. The lowest BCUT2D eigenvalue weighted by Gasteiger charge is -2.42. The van der Waals surface area contributed by atoms with E-state index in [1.165, 1.54) is 0 Å². The summed E-state index contributed by atoms with van der Waals surface area (Å²) in [6.07, 6.45) is 0.908. The first-order chi connectivity index (χ1) is 8.09. The Hall–Kier alpha value is -0.640. The lowest BCUT2D eigenvalue weighted by molar-refractivity contribution is -0.0638. The Morgan fingerprint density at radius 1 is 1.47 bits per heavy atom. The molecular formula is C13H17ClFNO. The zero-order chi connectivity index (χ0) is 12.5. The maximum absolute atomic E-state index is 13.7. The van der Waals surface area contributed by atoms with Crippen molar-refractivity contribution in [2.75, 3.05) is 26.8 Å². The van der Waals surface area contributed by atoms with Gasteiger partial charge >= 0.3 is 0 Å². The number of hydrogen-bond donors (Lipinski definition) is 1. The number of hydrogen-bond acceptors (Lipinski definition) is 2. The Labute approximate surface area is 106 Å². The second-order valence-corrected chi connectivity index (χ2v) is 5.12. The van der Waals surface area contributed by atoms with Crippen molar-refractivity contribution < 1.29 is 9.13 Å². The zero-order valence-corrected chi connectivity index (χ0v) is 10.9. The summed E-state index contributed by atoms with van der Waals surface area (Å²) in [7, 11) is 1.91. The van der Waals surface area contributed by atoms with Crippen LogP contribution in [0.3, 0.4) is 0 Å². The summed E-state index contributed by atoms with van der Waals surface area (Å²) in [4.78, 5) is 0. The van der Waals surface area contributed by atoms with Gasteiger partial charge in [-0.1, -0.05) is 11.6 Å². The van der Waals surface area contributed by atoms with E-state index in [0.717, 1.165) is 18.5 Å². The molecule has 1 aliphatic heterocycles. The highest BCUT2D eigenvalue weighted by Crippen LogP contribution is 2.40. The standard InChI is InChI=1S/C13H17ClFNO/c1-9-5-11(14)10(6-12(9)15)13(3-4-16-2)7-17-8-13/h5-6,16H,3-4,7-8H2,1-2H3. The minimum atomic E-state index is -0.194. The molecule has 17 heavy (non-hydrogen) atoms.